The van der Waals surface area contributed by atoms with Crippen molar-refractivity contribution in [3.8, 4) is 0 Å². The van der Waals surface area contributed by atoms with Crippen molar-refractivity contribution in [1.29, 1.82) is 0 Å². The molecule has 4 atom stereocenters. The second-order valence-electron chi connectivity index (χ2n) is 7.62. The average Bonchev–Trinajstić information content (AvgIpc) is 3.00. The highest BCUT2D eigenvalue weighted by molar-refractivity contribution is 7.94. The number of fused-ring (bicyclic) bond motifs is 1. The number of amides is 2. The topological polar surface area (TPSA) is 98.8 Å². The van der Waals surface area contributed by atoms with Crippen molar-refractivity contribution in [1.82, 2.24) is 4.90 Å². The van der Waals surface area contributed by atoms with E-state index in [1.54, 1.807) is 24.3 Å². The van der Waals surface area contributed by atoms with Crippen molar-refractivity contribution in [2.75, 3.05) is 5.32 Å². The van der Waals surface area contributed by atoms with Gasteiger partial charge in [0.1, 0.15) is 6.61 Å². The Morgan fingerprint density at radius 3 is 2.52 bits per heavy atom. The molecule has 0 saturated carbocycles. The van der Waals surface area contributed by atoms with Gasteiger partial charge < -0.3 is 19.5 Å². The number of anilines is 1. The second-order valence-corrected chi connectivity index (χ2v) is 10.3. The number of halogens is 1. The number of esters is 1. The summed E-state index contributed by atoms with van der Waals surface area (Å²) in [7, 11) is 0. The van der Waals surface area contributed by atoms with Crippen molar-refractivity contribution in [3.63, 3.8) is 0 Å². The van der Waals surface area contributed by atoms with Gasteiger partial charge in [-0.2, -0.15) is 0 Å². The van der Waals surface area contributed by atoms with Crippen LogP contribution in [0.15, 0.2) is 59.5 Å². The molecule has 7 nitrogen and oxygen atoms in total. The largest absolute Gasteiger partial charge is 0.610 e. The number of benzene rings is 2. The van der Waals surface area contributed by atoms with Crippen LogP contribution < -0.4 is 5.32 Å². The maximum atomic E-state index is 13.5. The molecule has 0 bridgehead atoms. The van der Waals surface area contributed by atoms with Gasteiger partial charge in [-0.15, -0.1) is 0 Å². The van der Waals surface area contributed by atoms with Gasteiger partial charge in [0, 0.05) is 42.7 Å². The molecule has 4 rings (SSSR count). The van der Waals surface area contributed by atoms with Gasteiger partial charge in [-0.25, -0.2) is 4.79 Å². The number of carbonyl (C=O) groups is 3. The minimum Gasteiger partial charge on any atom is -0.610 e. The summed E-state index contributed by atoms with van der Waals surface area (Å²) >= 11 is 5.05. The fourth-order valence-corrected chi connectivity index (χ4v) is 6.17. The highest BCUT2D eigenvalue weighted by Gasteiger charge is 2.68. The van der Waals surface area contributed by atoms with Gasteiger partial charge in [0.25, 0.3) is 0 Å². The number of hydrogen-bond donors (Lipinski definition) is 1. The standard InChI is InChI=1S/C22H21ClN2O5S/c1-14(26)24-16-7-9-18(10-8-16)31(29)22(23)12-17-11-19(27)25(17)20(22)21(28)30-13-15-5-3-2-4-6-15/h2-10,17,20H,11-13H2,1H3,(H,24,26). The summed E-state index contributed by atoms with van der Waals surface area (Å²) < 4.78 is 17.4. The third-order valence-corrected chi connectivity index (χ3v) is 7.92. The van der Waals surface area contributed by atoms with Gasteiger partial charge in [0.2, 0.25) is 16.0 Å². The van der Waals surface area contributed by atoms with Gasteiger partial charge in [-0.3, -0.25) is 9.59 Å². The van der Waals surface area contributed by atoms with Crippen LogP contribution in [0, 0.1) is 0 Å². The summed E-state index contributed by atoms with van der Waals surface area (Å²) in [5, 5.41) is 2.64. The van der Waals surface area contributed by atoms with E-state index in [4.69, 9.17) is 16.3 Å². The first-order chi connectivity index (χ1) is 14.8. The molecule has 0 radical (unpaired) electrons. The summed E-state index contributed by atoms with van der Waals surface area (Å²) in [5.41, 5.74) is 1.36. The lowest BCUT2D eigenvalue weighted by Crippen LogP contribution is -2.58. The first kappa shape index (κ1) is 21.7. The Morgan fingerprint density at radius 1 is 1.23 bits per heavy atom. The number of carbonyl (C=O) groups excluding carboxylic acids is 3. The zero-order valence-electron chi connectivity index (χ0n) is 16.7. The predicted molar refractivity (Wildman–Crippen MR) is 116 cm³/mol. The summed E-state index contributed by atoms with van der Waals surface area (Å²) in [6, 6.07) is 14.2. The molecule has 2 aromatic rings. The van der Waals surface area contributed by atoms with E-state index in [0.29, 0.717) is 10.6 Å². The van der Waals surface area contributed by atoms with Crippen LogP contribution in [0.3, 0.4) is 0 Å². The SMILES string of the molecule is CC(=O)Nc1ccc([S+]([O-])C2(Cl)CC3CC(=O)N3C2C(=O)OCc2ccccc2)cc1. The average molecular weight is 461 g/mol. The van der Waals surface area contributed by atoms with Gasteiger partial charge in [0.15, 0.2) is 10.9 Å². The first-order valence-corrected chi connectivity index (χ1v) is 11.3. The Bertz CT molecular complexity index is 1000. The lowest BCUT2D eigenvalue weighted by molar-refractivity contribution is -0.161. The van der Waals surface area contributed by atoms with Crippen LogP contribution in [-0.4, -0.2) is 43.5 Å². The number of β-lactam (4-membered cyclic amide) rings is 1. The van der Waals surface area contributed by atoms with Crippen LogP contribution in [0.2, 0.25) is 0 Å². The molecule has 2 fully saturated rings. The van der Waals surface area contributed by atoms with Crippen LogP contribution in [0.1, 0.15) is 25.3 Å². The lowest BCUT2D eigenvalue weighted by Gasteiger charge is -2.38. The number of nitrogens with one attached hydrogen (secondary N) is 1. The highest BCUT2D eigenvalue weighted by Crippen LogP contribution is 2.50. The number of rotatable bonds is 6. The molecule has 2 heterocycles. The number of alkyl halides is 1. The summed E-state index contributed by atoms with van der Waals surface area (Å²) in [6.07, 6.45) is 0.501. The molecule has 0 spiro atoms. The van der Waals surface area contributed by atoms with Crippen LogP contribution in [-0.2, 0) is 36.9 Å². The smallest absolute Gasteiger partial charge is 0.336 e. The molecule has 2 amide bonds. The van der Waals surface area contributed by atoms with E-state index in [-0.39, 0.29) is 37.3 Å². The first-order valence-electron chi connectivity index (χ1n) is 9.80. The van der Waals surface area contributed by atoms with E-state index >= 15 is 0 Å². The van der Waals surface area contributed by atoms with Crippen LogP contribution in [0.5, 0.6) is 0 Å². The normalized spacial score (nSPS) is 25.4. The lowest BCUT2D eigenvalue weighted by atomic mass is 10.0. The minimum absolute atomic E-state index is 0.0356. The Kier molecular flexibility index (Phi) is 5.96. The van der Waals surface area contributed by atoms with Crippen molar-refractivity contribution in [3.05, 3.63) is 60.2 Å². The fraction of sp³-hybridized carbons (Fsp3) is 0.318. The summed E-state index contributed by atoms with van der Waals surface area (Å²) in [4.78, 5) is 38.2. The molecule has 2 aliphatic heterocycles. The molecule has 4 unspecified atom stereocenters. The van der Waals surface area contributed by atoms with E-state index in [2.05, 4.69) is 5.32 Å². The maximum absolute atomic E-state index is 13.5. The van der Waals surface area contributed by atoms with E-state index in [1.165, 1.54) is 11.8 Å². The van der Waals surface area contributed by atoms with Gasteiger partial charge in [-0.05, 0) is 29.8 Å². The molecular weight excluding hydrogens is 440 g/mol. The Balaban J connectivity index is 1.56. The van der Waals surface area contributed by atoms with Crippen LogP contribution >= 0.6 is 11.6 Å². The zero-order valence-corrected chi connectivity index (χ0v) is 18.3. The van der Waals surface area contributed by atoms with Gasteiger partial charge in [-0.1, -0.05) is 41.9 Å². The molecular formula is C22H21ClN2O5S. The quantitative estimate of drug-likeness (QED) is 0.309. The number of ether oxygens (including phenoxy) is 1. The van der Waals surface area contributed by atoms with Crippen molar-refractivity contribution >= 4 is 46.2 Å². The Hall–Kier alpha value is -2.55. The minimum atomic E-state index is -1.80. The van der Waals surface area contributed by atoms with Crippen molar-refractivity contribution in [2.45, 2.75) is 47.6 Å². The van der Waals surface area contributed by atoms with E-state index in [9.17, 15) is 18.9 Å². The van der Waals surface area contributed by atoms with E-state index < -0.39 is 27.4 Å². The Morgan fingerprint density at radius 2 is 1.90 bits per heavy atom. The number of nitrogens with zero attached hydrogens (tertiary/aromatic N) is 1. The fourth-order valence-electron chi connectivity index (χ4n) is 4.00. The van der Waals surface area contributed by atoms with Crippen LogP contribution in [0.25, 0.3) is 0 Å². The molecule has 9 heteroatoms. The molecule has 2 saturated heterocycles. The summed E-state index contributed by atoms with van der Waals surface area (Å²) in [5.74, 6) is -1.09. The third kappa shape index (κ3) is 4.15. The monoisotopic (exact) mass is 460 g/mol. The molecule has 31 heavy (non-hydrogen) atoms. The molecule has 0 aromatic heterocycles. The zero-order chi connectivity index (χ0) is 22.2. The van der Waals surface area contributed by atoms with Crippen LogP contribution in [0.4, 0.5) is 5.69 Å². The summed E-state index contributed by atoms with van der Waals surface area (Å²) in [6.45, 7) is 1.43. The number of hydrogen-bond acceptors (Lipinski definition) is 5. The van der Waals surface area contributed by atoms with E-state index in [1.807, 2.05) is 30.3 Å². The van der Waals surface area contributed by atoms with Crippen molar-refractivity contribution in [2.24, 2.45) is 0 Å². The maximum Gasteiger partial charge on any atom is 0.336 e. The van der Waals surface area contributed by atoms with Gasteiger partial charge >= 0.3 is 5.97 Å². The second kappa shape index (κ2) is 8.53. The van der Waals surface area contributed by atoms with Crippen molar-refractivity contribution < 1.29 is 23.7 Å². The molecule has 162 valence electrons. The van der Waals surface area contributed by atoms with Gasteiger partial charge in [0.05, 0.1) is 0 Å². The Labute approximate surface area is 187 Å². The molecule has 1 N–H and O–H groups in total. The molecule has 0 aliphatic carbocycles. The predicted octanol–water partition coefficient (Wildman–Crippen LogP) is 2.80. The van der Waals surface area contributed by atoms with E-state index in [0.717, 1.165) is 5.56 Å². The highest BCUT2D eigenvalue weighted by atomic mass is 35.5. The molecule has 2 aromatic carbocycles. The molecule has 2 aliphatic rings. The third-order valence-electron chi connectivity index (χ3n) is 5.44.